The van der Waals surface area contributed by atoms with Crippen LogP contribution in [0.5, 0.6) is 0 Å². The molecule has 1 aromatic rings. The maximum absolute atomic E-state index is 12.6. The van der Waals surface area contributed by atoms with E-state index in [1.165, 1.54) is 19.3 Å². The summed E-state index contributed by atoms with van der Waals surface area (Å²) in [4.78, 5) is 14.7. The third-order valence-electron chi connectivity index (χ3n) is 4.33. The molecule has 2 N–H and O–H groups in total. The van der Waals surface area contributed by atoms with Crippen molar-refractivity contribution in [2.24, 2.45) is 11.7 Å². The van der Waals surface area contributed by atoms with Crippen molar-refractivity contribution in [3.8, 4) is 0 Å². The third-order valence-corrected chi connectivity index (χ3v) is 4.33. The highest BCUT2D eigenvalue weighted by Crippen LogP contribution is 2.38. The molecule has 1 aromatic carbocycles. The molecule has 0 spiro atoms. The summed E-state index contributed by atoms with van der Waals surface area (Å²) in [6.45, 7) is 1.55. The van der Waals surface area contributed by atoms with Gasteiger partial charge in [-0.1, -0.05) is 18.2 Å². The van der Waals surface area contributed by atoms with Crippen LogP contribution in [0.2, 0.25) is 0 Å². The van der Waals surface area contributed by atoms with E-state index in [0.29, 0.717) is 12.6 Å². The van der Waals surface area contributed by atoms with Gasteiger partial charge in [0, 0.05) is 18.2 Å². The van der Waals surface area contributed by atoms with Gasteiger partial charge in [0.2, 0.25) is 0 Å². The van der Waals surface area contributed by atoms with Gasteiger partial charge in [-0.2, -0.15) is 0 Å². The molecule has 0 radical (unpaired) electrons. The van der Waals surface area contributed by atoms with Crippen LogP contribution < -0.4 is 5.73 Å². The lowest BCUT2D eigenvalue weighted by Gasteiger charge is -2.27. The third kappa shape index (κ3) is 1.93. The van der Waals surface area contributed by atoms with Gasteiger partial charge in [0.05, 0.1) is 0 Å². The van der Waals surface area contributed by atoms with Gasteiger partial charge in [0.25, 0.3) is 5.91 Å². The number of carbonyl (C=O) groups excluding carboxylic acids is 1. The van der Waals surface area contributed by atoms with Crippen LogP contribution in [0.15, 0.2) is 24.3 Å². The number of hydrogen-bond acceptors (Lipinski definition) is 2. The van der Waals surface area contributed by atoms with Gasteiger partial charge in [0.15, 0.2) is 0 Å². The Kier molecular flexibility index (Phi) is 3.08. The standard InChI is InChI=1S/C15H20N2O/c16-8-7-12-3-1-2-4-14(12)15(18)17-10-11-5-6-13(17)9-11/h1-4,11,13H,5-10,16H2. The van der Waals surface area contributed by atoms with Gasteiger partial charge >= 0.3 is 0 Å². The topological polar surface area (TPSA) is 46.3 Å². The molecule has 18 heavy (non-hydrogen) atoms. The summed E-state index contributed by atoms with van der Waals surface area (Å²) in [5.41, 5.74) is 7.57. The Balaban J connectivity index is 1.84. The van der Waals surface area contributed by atoms with Gasteiger partial charge in [-0.05, 0) is 49.8 Å². The Hall–Kier alpha value is -1.35. The fourth-order valence-electron chi connectivity index (χ4n) is 3.43. The highest BCUT2D eigenvalue weighted by atomic mass is 16.2. The van der Waals surface area contributed by atoms with E-state index in [9.17, 15) is 4.79 Å². The number of carbonyl (C=O) groups is 1. The zero-order valence-electron chi connectivity index (χ0n) is 10.6. The molecular formula is C15H20N2O. The summed E-state index contributed by atoms with van der Waals surface area (Å²) in [5.74, 6) is 0.965. The number of amides is 1. The average Bonchev–Trinajstić information content (AvgIpc) is 3.01. The van der Waals surface area contributed by atoms with Gasteiger partial charge in [0.1, 0.15) is 0 Å². The summed E-state index contributed by atoms with van der Waals surface area (Å²) in [6.07, 6.45) is 4.49. The molecule has 2 aliphatic rings. The van der Waals surface area contributed by atoms with Gasteiger partial charge in [-0.25, -0.2) is 0 Å². The smallest absolute Gasteiger partial charge is 0.254 e. The first-order valence-corrected chi connectivity index (χ1v) is 6.88. The van der Waals surface area contributed by atoms with Gasteiger partial charge < -0.3 is 10.6 Å². The second-order valence-electron chi connectivity index (χ2n) is 5.49. The number of benzene rings is 1. The minimum Gasteiger partial charge on any atom is -0.335 e. The predicted octanol–water partition coefficient (Wildman–Crippen LogP) is 1.81. The monoisotopic (exact) mass is 244 g/mol. The van der Waals surface area contributed by atoms with Gasteiger partial charge in [-0.15, -0.1) is 0 Å². The lowest BCUT2D eigenvalue weighted by Crippen LogP contribution is -2.38. The first-order chi connectivity index (χ1) is 8.79. The van der Waals surface area contributed by atoms with Crippen LogP contribution in [-0.2, 0) is 6.42 Å². The van der Waals surface area contributed by atoms with Crippen molar-refractivity contribution >= 4 is 5.91 Å². The molecule has 96 valence electrons. The van der Waals surface area contributed by atoms with Crippen molar-refractivity contribution in [3.63, 3.8) is 0 Å². The van der Waals surface area contributed by atoms with Crippen molar-refractivity contribution in [1.29, 1.82) is 0 Å². The molecule has 2 bridgehead atoms. The summed E-state index contributed by atoms with van der Waals surface area (Å²) in [7, 11) is 0. The largest absolute Gasteiger partial charge is 0.335 e. The van der Waals surface area contributed by atoms with Crippen LogP contribution in [0.25, 0.3) is 0 Å². The molecule has 3 nitrogen and oxygen atoms in total. The minimum absolute atomic E-state index is 0.214. The first kappa shape index (κ1) is 11.7. The molecule has 3 rings (SSSR count). The second-order valence-corrected chi connectivity index (χ2v) is 5.49. The average molecular weight is 244 g/mol. The van der Waals surface area contributed by atoms with Crippen LogP contribution >= 0.6 is 0 Å². The quantitative estimate of drug-likeness (QED) is 0.881. The summed E-state index contributed by atoms with van der Waals surface area (Å²) >= 11 is 0. The lowest BCUT2D eigenvalue weighted by atomic mass is 10.0. The van der Waals surface area contributed by atoms with Crippen molar-refractivity contribution in [3.05, 3.63) is 35.4 Å². The Labute approximate surface area is 108 Å². The zero-order valence-corrected chi connectivity index (χ0v) is 10.6. The Morgan fingerprint density at radius 3 is 2.83 bits per heavy atom. The van der Waals surface area contributed by atoms with E-state index in [0.717, 1.165) is 30.0 Å². The molecule has 2 fully saturated rings. The molecule has 3 heteroatoms. The molecule has 1 aliphatic heterocycles. The summed E-state index contributed by atoms with van der Waals surface area (Å²) in [6, 6.07) is 8.39. The number of rotatable bonds is 3. The molecule has 2 atom stereocenters. The molecule has 1 aliphatic carbocycles. The Bertz CT molecular complexity index is 458. The lowest BCUT2D eigenvalue weighted by molar-refractivity contribution is 0.0702. The van der Waals surface area contributed by atoms with E-state index < -0.39 is 0 Å². The van der Waals surface area contributed by atoms with E-state index in [4.69, 9.17) is 5.73 Å². The van der Waals surface area contributed by atoms with E-state index >= 15 is 0 Å². The fraction of sp³-hybridized carbons (Fsp3) is 0.533. The maximum Gasteiger partial charge on any atom is 0.254 e. The summed E-state index contributed by atoms with van der Waals surface area (Å²) in [5, 5.41) is 0. The molecule has 1 heterocycles. The van der Waals surface area contributed by atoms with E-state index in [2.05, 4.69) is 4.90 Å². The molecule has 1 saturated carbocycles. The Morgan fingerprint density at radius 1 is 1.33 bits per heavy atom. The van der Waals surface area contributed by atoms with Gasteiger partial charge in [-0.3, -0.25) is 4.79 Å². The van der Waals surface area contributed by atoms with Crippen molar-refractivity contribution in [1.82, 2.24) is 4.90 Å². The molecular weight excluding hydrogens is 224 g/mol. The predicted molar refractivity (Wildman–Crippen MR) is 71.4 cm³/mol. The molecule has 0 aromatic heterocycles. The minimum atomic E-state index is 0.214. The number of fused-ring (bicyclic) bond motifs is 2. The second kappa shape index (κ2) is 4.73. The molecule has 2 unspecified atom stereocenters. The molecule has 1 amide bonds. The molecule has 1 saturated heterocycles. The normalized spacial score (nSPS) is 25.7. The van der Waals surface area contributed by atoms with Crippen LogP contribution in [0, 0.1) is 5.92 Å². The Morgan fingerprint density at radius 2 is 2.17 bits per heavy atom. The van der Waals surface area contributed by atoms with Crippen LogP contribution in [0.1, 0.15) is 35.2 Å². The number of likely N-dealkylation sites (tertiary alicyclic amines) is 1. The van der Waals surface area contributed by atoms with Crippen LogP contribution in [0.4, 0.5) is 0 Å². The van der Waals surface area contributed by atoms with Crippen LogP contribution in [0.3, 0.4) is 0 Å². The SMILES string of the molecule is NCCc1ccccc1C(=O)N1CC2CCC1C2. The highest BCUT2D eigenvalue weighted by Gasteiger charge is 2.40. The summed E-state index contributed by atoms with van der Waals surface area (Å²) < 4.78 is 0. The highest BCUT2D eigenvalue weighted by molar-refractivity contribution is 5.96. The zero-order chi connectivity index (χ0) is 12.5. The van der Waals surface area contributed by atoms with Crippen molar-refractivity contribution < 1.29 is 4.79 Å². The number of hydrogen-bond donors (Lipinski definition) is 1. The van der Waals surface area contributed by atoms with Crippen LogP contribution in [-0.4, -0.2) is 29.9 Å². The number of nitrogens with two attached hydrogens (primary N) is 1. The van der Waals surface area contributed by atoms with Crippen molar-refractivity contribution in [2.75, 3.05) is 13.1 Å². The maximum atomic E-state index is 12.6. The van der Waals surface area contributed by atoms with E-state index in [1.54, 1.807) is 0 Å². The van der Waals surface area contributed by atoms with Crippen molar-refractivity contribution in [2.45, 2.75) is 31.7 Å². The van der Waals surface area contributed by atoms with E-state index in [1.807, 2.05) is 24.3 Å². The fourth-order valence-corrected chi connectivity index (χ4v) is 3.43. The van der Waals surface area contributed by atoms with E-state index in [-0.39, 0.29) is 5.91 Å². The number of piperidine rings is 1. The number of nitrogens with zero attached hydrogens (tertiary/aromatic N) is 1. The first-order valence-electron chi connectivity index (χ1n) is 6.88.